The maximum absolute atomic E-state index is 12.4. The van der Waals surface area contributed by atoms with Crippen LogP contribution in [0.25, 0.3) is 10.2 Å². The fourth-order valence-corrected chi connectivity index (χ4v) is 3.82. The third-order valence-electron chi connectivity index (χ3n) is 3.90. The maximum Gasteiger partial charge on any atom is 0.293 e. The fraction of sp³-hybridized carbons (Fsp3) is 0.0526. The van der Waals surface area contributed by atoms with Crippen molar-refractivity contribution in [3.8, 4) is 5.75 Å². The number of para-hydroxylation sites is 1. The van der Waals surface area contributed by atoms with Crippen molar-refractivity contribution >= 4 is 54.2 Å². The summed E-state index contributed by atoms with van der Waals surface area (Å²) in [5.41, 5.74) is 0.539. The summed E-state index contributed by atoms with van der Waals surface area (Å²) in [4.78, 5) is 27.1. The van der Waals surface area contributed by atoms with Gasteiger partial charge in [0.25, 0.3) is 11.6 Å². The van der Waals surface area contributed by atoms with Gasteiger partial charge in [-0.25, -0.2) is 4.98 Å². The van der Waals surface area contributed by atoms with Crippen molar-refractivity contribution in [1.82, 2.24) is 4.98 Å². The topological polar surface area (TPSA) is 108 Å². The second-order valence-electron chi connectivity index (χ2n) is 5.87. The van der Waals surface area contributed by atoms with Crippen LogP contribution in [0.4, 0.5) is 10.8 Å². The van der Waals surface area contributed by atoms with Gasteiger partial charge in [-0.1, -0.05) is 23.5 Å². The van der Waals surface area contributed by atoms with Gasteiger partial charge in [0.05, 0.1) is 19.6 Å². The number of hydrogen-bond acceptors (Lipinski definition) is 7. The van der Waals surface area contributed by atoms with Crippen molar-refractivity contribution in [2.45, 2.75) is 6.61 Å². The molecule has 2 aromatic carbocycles. The molecule has 10 heteroatoms. The molecular formula is C19H12BrN3O5S. The molecule has 0 bridgehead atoms. The van der Waals surface area contributed by atoms with E-state index in [2.05, 4.69) is 26.2 Å². The Bertz CT molecular complexity index is 1220. The van der Waals surface area contributed by atoms with Gasteiger partial charge in [0.15, 0.2) is 10.9 Å². The third kappa shape index (κ3) is 4.28. The Hall–Kier alpha value is -3.24. The molecule has 0 unspecified atom stereocenters. The molecule has 0 aliphatic carbocycles. The molecule has 2 aromatic heterocycles. The van der Waals surface area contributed by atoms with Gasteiger partial charge in [-0.05, 0) is 46.3 Å². The van der Waals surface area contributed by atoms with E-state index in [1.54, 1.807) is 18.2 Å². The number of non-ortho nitro benzene ring substituents is 1. The number of amides is 1. The highest BCUT2D eigenvalue weighted by molar-refractivity contribution is 9.10. The summed E-state index contributed by atoms with van der Waals surface area (Å²) in [5.74, 6) is 0.802. The first kappa shape index (κ1) is 19.1. The first-order valence-corrected chi connectivity index (χ1v) is 9.93. The lowest BCUT2D eigenvalue weighted by molar-refractivity contribution is -0.384. The van der Waals surface area contributed by atoms with E-state index in [1.165, 1.54) is 12.1 Å². The lowest BCUT2D eigenvalue weighted by Crippen LogP contribution is -2.10. The number of aromatic nitrogens is 1. The van der Waals surface area contributed by atoms with E-state index in [4.69, 9.17) is 9.15 Å². The zero-order chi connectivity index (χ0) is 20.4. The quantitative estimate of drug-likeness (QED) is 0.297. The molecule has 2 heterocycles. The number of benzene rings is 2. The van der Waals surface area contributed by atoms with Gasteiger partial charge in [0.2, 0.25) is 0 Å². The molecule has 4 aromatic rings. The summed E-state index contributed by atoms with van der Waals surface area (Å²) in [7, 11) is 0. The molecule has 0 atom stereocenters. The summed E-state index contributed by atoms with van der Waals surface area (Å²) in [6.45, 7) is 0.167. The highest BCUT2D eigenvalue weighted by Crippen LogP contribution is 2.29. The highest BCUT2D eigenvalue weighted by Gasteiger charge is 2.16. The second-order valence-corrected chi connectivity index (χ2v) is 7.75. The SMILES string of the molecule is O=C(Nc1nc2ccc([N+](=O)[O-])cc2s1)c1ccc(COc2ccccc2Br)o1. The molecule has 0 aliphatic heterocycles. The maximum atomic E-state index is 12.4. The number of furan rings is 1. The molecule has 0 radical (unpaired) electrons. The Morgan fingerprint density at radius 1 is 1.24 bits per heavy atom. The van der Waals surface area contributed by atoms with Crippen LogP contribution < -0.4 is 10.1 Å². The van der Waals surface area contributed by atoms with Crippen molar-refractivity contribution in [3.63, 3.8) is 0 Å². The first-order chi connectivity index (χ1) is 14.0. The molecule has 0 saturated carbocycles. The highest BCUT2D eigenvalue weighted by atomic mass is 79.9. The number of carbonyl (C=O) groups is 1. The third-order valence-corrected chi connectivity index (χ3v) is 5.48. The van der Waals surface area contributed by atoms with E-state index in [0.717, 1.165) is 15.8 Å². The molecule has 146 valence electrons. The molecule has 1 amide bonds. The van der Waals surface area contributed by atoms with Crippen molar-refractivity contribution in [3.05, 3.63) is 80.7 Å². The van der Waals surface area contributed by atoms with Gasteiger partial charge < -0.3 is 9.15 Å². The number of halogens is 1. The molecule has 0 aliphatic rings. The van der Waals surface area contributed by atoms with Crippen LogP contribution in [0.2, 0.25) is 0 Å². The monoisotopic (exact) mass is 473 g/mol. The minimum atomic E-state index is -0.474. The predicted octanol–water partition coefficient (Wildman–Crippen LogP) is 5.39. The lowest BCUT2D eigenvalue weighted by atomic mass is 10.3. The Morgan fingerprint density at radius 2 is 2.07 bits per heavy atom. The normalized spacial score (nSPS) is 10.8. The molecule has 0 fully saturated rings. The largest absolute Gasteiger partial charge is 0.484 e. The van der Waals surface area contributed by atoms with E-state index in [0.29, 0.717) is 26.9 Å². The van der Waals surface area contributed by atoms with Crippen LogP contribution in [0.3, 0.4) is 0 Å². The average molecular weight is 474 g/mol. The number of nitrogens with zero attached hydrogens (tertiary/aromatic N) is 2. The van der Waals surface area contributed by atoms with E-state index >= 15 is 0 Å². The van der Waals surface area contributed by atoms with Gasteiger partial charge in [-0.15, -0.1) is 0 Å². The summed E-state index contributed by atoms with van der Waals surface area (Å²) < 4.78 is 12.6. The number of nitrogens with one attached hydrogen (secondary N) is 1. The van der Waals surface area contributed by atoms with Crippen molar-refractivity contribution in [2.24, 2.45) is 0 Å². The number of anilines is 1. The van der Waals surface area contributed by atoms with Gasteiger partial charge in [0, 0.05) is 12.1 Å². The van der Waals surface area contributed by atoms with Crippen LogP contribution in [0.5, 0.6) is 5.75 Å². The lowest BCUT2D eigenvalue weighted by Gasteiger charge is -2.05. The molecule has 8 nitrogen and oxygen atoms in total. The van der Waals surface area contributed by atoms with E-state index in [-0.39, 0.29) is 18.1 Å². The van der Waals surface area contributed by atoms with Crippen molar-refractivity contribution < 1.29 is 18.9 Å². The smallest absolute Gasteiger partial charge is 0.293 e. The number of fused-ring (bicyclic) bond motifs is 1. The van der Waals surface area contributed by atoms with Crippen LogP contribution >= 0.6 is 27.3 Å². The van der Waals surface area contributed by atoms with E-state index in [9.17, 15) is 14.9 Å². The Labute approximate surface area is 176 Å². The minimum absolute atomic E-state index is 0.0280. The number of rotatable bonds is 6. The zero-order valence-corrected chi connectivity index (χ0v) is 17.0. The van der Waals surface area contributed by atoms with Crippen molar-refractivity contribution in [1.29, 1.82) is 0 Å². The van der Waals surface area contributed by atoms with Crippen LogP contribution in [-0.4, -0.2) is 15.8 Å². The van der Waals surface area contributed by atoms with Crippen molar-refractivity contribution in [2.75, 3.05) is 5.32 Å². The molecule has 1 N–H and O–H groups in total. The molecule has 0 saturated heterocycles. The zero-order valence-electron chi connectivity index (χ0n) is 14.6. The molecule has 0 spiro atoms. The number of thiazole rings is 1. The van der Waals surface area contributed by atoms with Gasteiger partial charge in [0.1, 0.15) is 18.1 Å². The standard InChI is InChI=1S/C19H12BrN3O5S/c20-13-3-1-2-4-15(13)27-10-12-6-8-16(28-12)18(24)22-19-21-14-7-5-11(23(25)26)9-17(14)29-19/h1-9H,10H2,(H,21,22,24). The molecular weight excluding hydrogens is 462 g/mol. The summed E-state index contributed by atoms with van der Waals surface area (Å²) in [6.07, 6.45) is 0. The van der Waals surface area contributed by atoms with Gasteiger partial charge in [-0.2, -0.15) is 0 Å². The Kier molecular flexibility index (Phi) is 5.28. The summed E-state index contributed by atoms with van der Waals surface area (Å²) in [5, 5.41) is 13.8. The number of ether oxygens (including phenoxy) is 1. The number of carbonyl (C=O) groups excluding carboxylic acids is 1. The molecule has 29 heavy (non-hydrogen) atoms. The van der Waals surface area contributed by atoms with Crippen LogP contribution in [0.1, 0.15) is 16.3 Å². The van der Waals surface area contributed by atoms with E-state index in [1.807, 2.05) is 24.3 Å². The average Bonchev–Trinajstić information content (AvgIpc) is 3.33. The van der Waals surface area contributed by atoms with Crippen LogP contribution in [-0.2, 0) is 6.61 Å². The van der Waals surface area contributed by atoms with Crippen LogP contribution in [0, 0.1) is 10.1 Å². The predicted molar refractivity (Wildman–Crippen MR) is 111 cm³/mol. The second kappa shape index (κ2) is 8.02. The van der Waals surface area contributed by atoms with Gasteiger partial charge >= 0.3 is 0 Å². The van der Waals surface area contributed by atoms with Crippen LogP contribution in [0.15, 0.2) is 63.5 Å². The Balaban J connectivity index is 1.43. The van der Waals surface area contributed by atoms with E-state index < -0.39 is 10.8 Å². The number of hydrogen-bond donors (Lipinski definition) is 1. The first-order valence-electron chi connectivity index (χ1n) is 8.32. The number of nitro groups is 1. The molecule has 4 rings (SSSR count). The summed E-state index contributed by atoms with van der Waals surface area (Å²) >= 11 is 4.55. The van der Waals surface area contributed by atoms with Gasteiger partial charge in [-0.3, -0.25) is 20.2 Å². The fourth-order valence-electron chi connectivity index (χ4n) is 2.53. The minimum Gasteiger partial charge on any atom is -0.484 e. The summed E-state index contributed by atoms with van der Waals surface area (Å²) in [6, 6.07) is 15.0. The Morgan fingerprint density at radius 3 is 2.86 bits per heavy atom. The number of nitro benzene ring substituents is 1.